The maximum Gasteiger partial charge on any atom is 0.422 e. The molecule has 116 valence electrons. The molecule has 0 aliphatic rings. The predicted molar refractivity (Wildman–Crippen MR) is 72.1 cm³/mol. The number of aromatic nitrogens is 1. The number of halogens is 3. The lowest BCUT2D eigenvalue weighted by Crippen LogP contribution is -2.37. The third-order valence-corrected chi connectivity index (χ3v) is 2.32. The SMILES string of the molecule is C=CCNC(=O)C(C)Nc1ccc(OCC(F)(F)F)nc1. The number of ether oxygens (including phenoxy) is 1. The highest BCUT2D eigenvalue weighted by Crippen LogP contribution is 2.18. The lowest BCUT2D eigenvalue weighted by molar-refractivity contribution is -0.154. The van der Waals surface area contributed by atoms with Crippen molar-refractivity contribution >= 4 is 11.6 Å². The van der Waals surface area contributed by atoms with Gasteiger partial charge in [-0.25, -0.2) is 4.98 Å². The number of carbonyl (C=O) groups is 1. The highest BCUT2D eigenvalue weighted by Gasteiger charge is 2.28. The molecule has 1 atom stereocenters. The Kier molecular flexibility index (Phi) is 6.01. The minimum absolute atomic E-state index is 0.137. The second-order valence-corrected chi connectivity index (χ2v) is 4.19. The topological polar surface area (TPSA) is 63.2 Å². The number of carbonyl (C=O) groups excluding carboxylic acids is 1. The van der Waals surface area contributed by atoms with Gasteiger partial charge in [0.2, 0.25) is 11.8 Å². The standard InChI is InChI=1S/C13H16F3N3O2/c1-3-6-17-12(20)9(2)19-10-4-5-11(18-7-10)21-8-13(14,15)16/h3-5,7,9,19H,1,6,8H2,2H3,(H,17,20). The molecule has 0 aromatic carbocycles. The molecule has 2 N–H and O–H groups in total. The zero-order chi connectivity index (χ0) is 15.9. The zero-order valence-corrected chi connectivity index (χ0v) is 11.4. The van der Waals surface area contributed by atoms with E-state index < -0.39 is 18.8 Å². The minimum Gasteiger partial charge on any atom is -0.468 e. The van der Waals surface area contributed by atoms with Gasteiger partial charge in [0.05, 0.1) is 11.9 Å². The van der Waals surface area contributed by atoms with Crippen LogP contribution in [-0.4, -0.2) is 36.3 Å². The summed E-state index contributed by atoms with van der Waals surface area (Å²) in [6, 6.07) is 2.26. The van der Waals surface area contributed by atoms with Crippen molar-refractivity contribution in [2.24, 2.45) is 0 Å². The average Bonchev–Trinajstić information content (AvgIpc) is 2.43. The van der Waals surface area contributed by atoms with Gasteiger partial charge in [0.1, 0.15) is 6.04 Å². The maximum atomic E-state index is 12.0. The van der Waals surface area contributed by atoms with Crippen LogP contribution in [0.3, 0.4) is 0 Å². The molecule has 21 heavy (non-hydrogen) atoms. The molecular weight excluding hydrogens is 287 g/mol. The Bertz CT molecular complexity index is 475. The van der Waals surface area contributed by atoms with Gasteiger partial charge < -0.3 is 15.4 Å². The predicted octanol–water partition coefficient (Wildman–Crippen LogP) is 2.13. The first-order valence-corrected chi connectivity index (χ1v) is 6.12. The van der Waals surface area contributed by atoms with E-state index in [9.17, 15) is 18.0 Å². The van der Waals surface area contributed by atoms with Crippen molar-refractivity contribution in [3.63, 3.8) is 0 Å². The van der Waals surface area contributed by atoms with E-state index in [1.54, 1.807) is 13.0 Å². The molecule has 0 bridgehead atoms. The van der Waals surface area contributed by atoms with E-state index in [1.165, 1.54) is 18.3 Å². The Hall–Kier alpha value is -2.25. The summed E-state index contributed by atoms with van der Waals surface area (Å²) in [7, 11) is 0. The summed E-state index contributed by atoms with van der Waals surface area (Å²) in [6.07, 6.45) is -1.56. The van der Waals surface area contributed by atoms with Crippen molar-refractivity contribution in [3.8, 4) is 5.88 Å². The Morgan fingerprint density at radius 1 is 1.52 bits per heavy atom. The molecule has 0 saturated heterocycles. The van der Waals surface area contributed by atoms with Crippen LogP contribution in [0.4, 0.5) is 18.9 Å². The summed E-state index contributed by atoms with van der Waals surface area (Å²) in [4.78, 5) is 15.3. The lowest BCUT2D eigenvalue weighted by atomic mass is 10.3. The number of rotatable bonds is 7. The highest BCUT2D eigenvalue weighted by molar-refractivity contribution is 5.84. The van der Waals surface area contributed by atoms with Crippen molar-refractivity contribution in [1.29, 1.82) is 0 Å². The number of amides is 1. The summed E-state index contributed by atoms with van der Waals surface area (Å²) < 4.78 is 40.4. The summed E-state index contributed by atoms with van der Waals surface area (Å²) in [5, 5.41) is 5.47. The van der Waals surface area contributed by atoms with Gasteiger partial charge in [-0.05, 0) is 13.0 Å². The number of alkyl halides is 3. The number of hydrogen-bond donors (Lipinski definition) is 2. The molecule has 1 rings (SSSR count). The average molecular weight is 303 g/mol. The fraction of sp³-hybridized carbons (Fsp3) is 0.385. The fourth-order valence-corrected chi connectivity index (χ4v) is 1.35. The number of pyridine rings is 1. The van der Waals surface area contributed by atoms with Crippen molar-refractivity contribution in [2.75, 3.05) is 18.5 Å². The molecule has 1 amide bonds. The first kappa shape index (κ1) is 16.8. The lowest BCUT2D eigenvalue weighted by Gasteiger charge is -2.14. The Balaban J connectivity index is 2.50. The van der Waals surface area contributed by atoms with Crippen LogP contribution >= 0.6 is 0 Å². The van der Waals surface area contributed by atoms with Gasteiger partial charge in [-0.1, -0.05) is 6.08 Å². The van der Waals surface area contributed by atoms with Crippen LogP contribution in [-0.2, 0) is 4.79 Å². The third kappa shape index (κ3) is 6.64. The van der Waals surface area contributed by atoms with E-state index >= 15 is 0 Å². The van der Waals surface area contributed by atoms with Crippen LogP contribution in [0.5, 0.6) is 5.88 Å². The quantitative estimate of drug-likeness (QED) is 0.757. The van der Waals surface area contributed by atoms with E-state index in [2.05, 4.69) is 26.9 Å². The molecular formula is C13H16F3N3O2. The maximum absolute atomic E-state index is 12.0. The fourth-order valence-electron chi connectivity index (χ4n) is 1.35. The van der Waals surface area contributed by atoms with Gasteiger partial charge in [-0.15, -0.1) is 6.58 Å². The van der Waals surface area contributed by atoms with Gasteiger partial charge in [0.15, 0.2) is 6.61 Å². The summed E-state index contributed by atoms with van der Waals surface area (Å²) in [5.41, 5.74) is 0.496. The molecule has 1 aromatic heterocycles. The van der Waals surface area contributed by atoms with E-state index in [-0.39, 0.29) is 11.8 Å². The van der Waals surface area contributed by atoms with E-state index in [1.807, 2.05) is 0 Å². The monoisotopic (exact) mass is 303 g/mol. The molecule has 0 spiro atoms. The van der Waals surface area contributed by atoms with Crippen molar-refractivity contribution in [2.45, 2.75) is 19.1 Å². The molecule has 5 nitrogen and oxygen atoms in total. The summed E-state index contributed by atoms with van der Waals surface area (Å²) in [6.45, 7) is 4.09. The third-order valence-electron chi connectivity index (χ3n) is 2.32. The van der Waals surface area contributed by atoms with Crippen LogP contribution in [0.1, 0.15) is 6.92 Å². The molecule has 1 heterocycles. The minimum atomic E-state index is -4.41. The van der Waals surface area contributed by atoms with Gasteiger partial charge >= 0.3 is 6.18 Å². The molecule has 1 aromatic rings. The van der Waals surface area contributed by atoms with Gasteiger partial charge in [0.25, 0.3) is 0 Å². The normalized spacial score (nSPS) is 12.4. The Morgan fingerprint density at radius 3 is 2.76 bits per heavy atom. The van der Waals surface area contributed by atoms with E-state index in [0.29, 0.717) is 12.2 Å². The van der Waals surface area contributed by atoms with E-state index in [4.69, 9.17) is 0 Å². The Morgan fingerprint density at radius 2 is 2.24 bits per heavy atom. The zero-order valence-electron chi connectivity index (χ0n) is 11.4. The van der Waals surface area contributed by atoms with E-state index in [0.717, 1.165) is 0 Å². The number of hydrogen-bond acceptors (Lipinski definition) is 4. The van der Waals surface area contributed by atoms with Crippen molar-refractivity contribution in [3.05, 3.63) is 31.0 Å². The van der Waals surface area contributed by atoms with Crippen molar-refractivity contribution < 1.29 is 22.7 Å². The summed E-state index contributed by atoms with van der Waals surface area (Å²) >= 11 is 0. The highest BCUT2D eigenvalue weighted by atomic mass is 19.4. The summed E-state index contributed by atoms with van der Waals surface area (Å²) in [5.74, 6) is -0.367. The first-order chi connectivity index (χ1) is 9.81. The number of nitrogens with one attached hydrogen (secondary N) is 2. The second-order valence-electron chi connectivity index (χ2n) is 4.19. The van der Waals surface area contributed by atoms with Crippen molar-refractivity contribution in [1.82, 2.24) is 10.3 Å². The van der Waals surface area contributed by atoms with Crippen LogP contribution < -0.4 is 15.4 Å². The number of anilines is 1. The van der Waals surface area contributed by atoms with Gasteiger partial charge in [-0.3, -0.25) is 4.79 Å². The van der Waals surface area contributed by atoms with Crippen LogP contribution in [0.2, 0.25) is 0 Å². The van der Waals surface area contributed by atoms with Gasteiger partial charge in [-0.2, -0.15) is 13.2 Å². The van der Waals surface area contributed by atoms with Gasteiger partial charge in [0, 0.05) is 12.6 Å². The van der Waals surface area contributed by atoms with Crippen LogP contribution in [0, 0.1) is 0 Å². The molecule has 0 aliphatic carbocycles. The first-order valence-electron chi connectivity index (χ1n) is 6.12. The largest absolute Gasteiger partial charge is 0.468 e. The molecule has 1 unspecified atom stereocenters. The Labute approximate surface area is 120 Å². The molecule has 0 radical (unpaired) electrons. The second kappa shape index (κ2) is 7.51. The molecule has 0 saturated carbocycles. The van der Waals surface area contributed by atoms with Crippen LogP contribution in [0.25, 0.3) is 0 Å². The molecule has 0 aliphatic heterocycles. The molecule has 8 heteroatoms. The van der Waals surface area contributed by atoms with Crippen LogP contribution in [0.15, 0.2) is 31.0 Å². The molecule has 0 fully saturated rings. The number of nitrogens with zero attached hydrogens (tertiary/aromatic N) is 1. The smallest absolute Gasteiger partial charge is 0.422 e.